The summed E-state index contributed by atoms with van der Waals surface area (Å²) in [7, 11) is 1.20. The molecule has 0 saturated heterocycles. The molecule has 1 rings (SSSR count). The van der Waals surface area contributed by atoms with Crippen molar-refractivity contribution in [2.75, 3.05) is 7.11 Å². The Bertz CT molecular complexity index is 554. The topological polar surface area (TPSA) is 113 Å². The van der Waals surface area contributed by atoms with Crippen molar-refractivity contribution in [3.05, 3.63) is 29.3 Å². The summed E-state index contributed by atoms with van der Waals surface area (Å²) >= 11 is 0. The van der Waals surface area contributed by atoms with E-state index in [9.17, 15) is 19.5 Å². The Morgan fingerprint density at radius 2 is 2.00 bits per heavy atom. The van der Waals surface area contributed by atoms with Crippen LogP contribution in [-0.4, -0.2) is 41.2 Å². The number of carbonyl (C=O) groups excluding carboxylic acids is 2. The van der Waals surface area contributed by atoms with Crippen LogP contribution in [0, 0.1) is 6.92 Å². The monoisotopic (exact) mass is 295 g/mol. The third kappa shape index (κ3) is 4.79. The second-order valence-electron chi connectivity index (χ2n) is 4.50. The molecule has 0 aliphatic carbocycles. The second-order valence-corrected chi connectivity index (χ2v) is 4.50. The molecule has 0 radical (unpaired) electrons. The van der Waals surface area contributed by atoms with Crippen molar-refractivity contribution < 1.29 is 29.3 Å². The van der Waals surface area contributed by atoms with Crippen molar-refractivity contribution in [2.45, 2.75) is 25.8 Å². The highest BCUT2D eigenvalue weighted by Crippen LogP contribution is 2.18. The number of nitrogens with one attached hydrogen (secondary N) is 1. The van der Waals surface area contributed by atoms with Crippen LogP contribution in [0.4, 0.5) is 0 Å². The number of aliphatic carboxylic acids is 1. The molecular formula is C14H17NO6. The predicted octanol–water partition coefficient (Wildman–Crippen LogP) is 0.837. The van der Waals surface area contributed by atoms with Crippen LogP contribution < -0.4 is 5.32 Å². The van der Waals surface area contributed by atoms with Gasteiger partial charge in [-0.25, -0.2) is 4.79 Å². The molecule has 21 heavy (non-hydrogen) atoms. The Kier molecular flexibility index (Phi) is 5.71. The van der Waals surface area contributed by atoms with Crippen LogP contribution in [0.3, 0.4) is 0 Å². The number of esters is 1. The fourth-order valence-corrected chi connectivity index (χ4v) is 1.69. The first-order valence-electron chi connectivity index (χ1n) is 6.25. The highest BCUT2D eigenvalue weighted by Gasteiger charge is 2.23. The fourth-order valence-electron chi connectivity index (χ4n) is 1.69. The third-order valence-electron chi connectivity index (χ3n) is 2.86. The summed E-state index contributed by atoms with van der Waals surface area (Å²) in [4.78, 5) is 34.1. The Labute approximate surface area is 121 Å². The normalized spacial score (nSPS) is 11.5. The molecule has 0 unspecified atom stereocenters. The maximum Gasteiger partial charge on any atom is 0.326 e. The van der Waals surface area contributed by atoms with Gasteiger partial charge in [0.1, 0.15) is 11.8 Å². The van der Waals surface area contributed by atoms with Gasteiger partial charge in [-0.1, -0.05) is 11.6 Å². The molecule has 0 heterocycles. The molecular weight excluding hydrogens is 278 g/mol. The number of carboxylic acids is 1. The van der Waals surface area contributed by atoms with Crippen LogP contribution in [0.5, 0.6) is 5.75 Å². The molecule has 0 aromatic heterocycles. The van der Waals surface area contributed by atoms with Crippen LogP contribution in [0.15, 0.2) is 18.2 Å². The number of benzene rings is 1. The quantitative estimate of drug-likeness (QED) is 0.670. The zero-order valence-corrected chi connectivity index (χ0v) is 11.8. The Morgan fingerprint density at radius 3 is 2.57 bits per heavy atom. The molecule has 1 aromatic carbocycles. The van der Waals surface area contributed by atoms with Crippen LogP contribution >= 0.6 is 0 Å². The van der Waals surface area contributed by atoms with E-state index in [4.69, 9.17) is 5.11 Å². The van der Waals surface area contributed by atoms with E-state index in [2.05, 4.69) is 10.1 Å². The minimum absolute atomic E-state index is 0.0145. The van der Waals surface area contributed by atoms with Gasteiger partial charge in [0, 0.05) is 6.42 Å². The summed E-state index contributed by atoms with van der Waals surface area (Å²) in [5, 5.41) is 21.0. The van der Waals surface area contributed by atoms with Crippen molar-refractivity contribution in [1.82, 2.24) is 5.32 Å². The lowest BCUT2D eigenvalue weighted by Gasteiger charge is -2.14. The molecule has 0 aliphatic rings. The summed E-state index contributed by atoms with van der Waals surface area (Å²) in [6.07, 6.45) is -0.228. The van der Waals surface area contributed by atoms with E-state index in [1.54, 1.807) is 13.0 Å². The average Bonchev–Trinajstić information content (AvgIpc) is 2.44. The van der Waals surface area contributed by atoms with Crippen molar-refractivity contribution in [2.24, 2.45) is 0 Å². The van der Waals surface area contributed by atoms with E-state index in [-0.39, 0.29) is 24.2 Å². The number of carbonyl (C=O) groups is 3. The van der Waals surface area contributed by atoms with Crippen molar-refractivity contribution in [1.29, 1.82) is 0 Å². The molecule has 0 saturated carbocycles. The lowest BCUT2D eigenvalue weighted by Crippen LogP contribution is -2.41. The van der Waals surface area contributed by atoms with Gasteiger partial charge in [-0.3, -0.25) is 9.59 Å². The second kappa shape index (κ2) is 7.28. The maximum atomic E-state index is 12.0. The van der Waals surface area contributed by atoms with Gasteiger partial charge in [-0.05, 0) is 25.5 Å². The molecule has 1 amide bonds. The third-order valence-corrected chi connectivity index (χ3v) is 2.86. The number of amides is 1. The largest absolute Gasteiger partial charge is 0.507 e. The summed E-state index contributed by atoms with van der Waals surface area (Å²) in [6, 6.07) is 3.19. The number of aromatic hydroxyl groups is 1. The van der Waals surface area contributed by atoms with E-state index in [0.29, 0.717) is 0 Å². The summed E-state index contributed by atoms with van der Waals surface area (Å²) < 4.78 is 4.42. The first-order valence-corrected chi connectivity index (χ1v) is 6.25. The van der Waals surface area contributed by atoms with Crippen LogP contribution in [-0.2, 0) is 14.3 Å². The van der Waals surface area contributed by atoms with Gasteiger partial charge in [0.05, 0.1) is 12.7 Å². The minimum atomic E-state index is -1.26. The minimum Gasteiger partial charge on any atom is -0.507 e. The molecule has 7 nitrogen and oxygen atoms in total. The van der Waals surface area contributed by atoms with Crippen molar-refractivity contribution in [3.63, 3.8) is 0 Å². The van der Waals surface area contributed by atoms with Crippen LogP contribution in [0.1, 0.15) is 28.8 Å². The zero-order chi connectivity index (χ0) is 16.0. The maximum absolute atomic E-state index is 12.0. The number of carboxylic acid groups (broad SMARTS) is 1. The zero-order valence-electron chi connectivity index (χ0n) is 11.8. The highest BCUT2D eigenvalue weighted by atomic mass is 16.5. The van der Waals surface area contributed by atoms with E-state index in [1.165, 1.54) is 19.2 Å². The van der Waals surface area contributed by atoms with Gasteiger partial charge < -0.3 is 20.3 Å². The highest BCUT2D eigenvalue weighted by molar-refractivity contribution is 5.99. The molecule has 0 bridgehead atoms. The van der Waals surface area contributed by atoms with Crippen LogP contribution in [0.2, 0.25) is 0 Å². The van der Waals surface area contributed by atoms with Gasteiger partial charge in [0.25, 0.3) is 5.91 Å². The molecule has 1 aromatic rings. The average molecular weight is 295 g/mol. The van der Waals surface area contributed by atoms with E-state index >= 15 is 0 Å². The lowest BCUT2D eigenvalue weighted by atomic mass is 10.1. The molecule has 0 spiro atoms. The molecule has 114 valence electrons. The number of rotatable bonds is 6. The number of phenols is 1. The lowest BCUT2D eigenvalue weighted by molar-refractivity contribution is -0.142. The number of phenolic OH excluding ortho intramolecular Hbond substituents is 1. The van der Waals surface area contributed by atoms with Gasteiger partial charge in [0.15, 0.2) is 0 Å². The van der Waals surface area contributed by atoms with Gasteiger partial charge in [-0.2, -0.15) is 0 Å². The predicted molar refractivity (Wildman–Crippen MR) is 73.0 cm³/mol. The van der Waals surface area contributed by atoms with E-state index < -0.39 is 23.9 Å². The van der Waals surface area contributed by atoms with E-state index in [0.717, 1.165) is 5.56 Å². The van der Waals surface area contributed by atoms with Crippen molar-refractivity contribution in [3.8, 4) is 5.75 Å². The first kappa shape index (κ1) is 16.5. The molecule has 7 heteroatoms. The number of hydrogen-bond donors (Lipinski definition) is 3. The Balaban J connectivity index is 2.79. The molecule has 1 atom stereocenters. The SMILES string of the molecule is COC(=O)CC[C@H](NC(=O)c1cc(C)ccc1O)C(=O)O. The number of aryl methyl sites for hydroxylation is 1. The van der Waals surface area contributed by atoms with Crippen molar-refractivity contribution >= 4 is 17.8 Å². The Morgan fingerprint density at radius 1 is 1.33 bits per heavy atom. The summed E-state index contributed by atoms with van der Waals surface area (Å²) in [5.74, 6) is -2.78. The summed E-state index contributed by atoms with van der Waals surface area (Å²) in [6.45, 7) is 1.74. The van der Waals surface area contributed by atoms with Gasteiger partial charge in [-0.15, -0.1) is 0 Å². The molecule has 3 N–H and O–H groups in total. The molecule has 0 fully saturated rings. The number of ether oxygens (including phenoxy) is 1. The standard InChI is InChI=1S/C14H17NO6/c1-8-3-5-11(16)9(7-8)13(18)15-10(14(19)20)4-6-12(17)21-2/h3,5,7,10,16H,4,6H2,1-2H3,(H,15,18)(H,19,20)/t10-/m0/s1. The smallest absolute Gasteiger partial charge is 0.326 e. The van der Waals surface area contributed by atoms with Gasteiger partial charge in [0.2, 0.25) is 0 Å². The number of hydrogen-bond acceptors (Lipinski definition) is 5. The fraction of sp³-hybridized carbons (Fsp3) is 0.357. The first-order chi connectivity index (χ1) is 9.85. The van der Waals surface area contributed by atoms with Crippen LogP contribution in [0.25, 0.3) is 0 Å². The number of methoxy groups -OCH3 is 1. The Hall–Kier alpha value is -2.57. The summed E-state index contributed by atoms with van der Waals surface area (Å²) in [5.41, 5.74) is 0.735. The molecule has 0 aliphatic heterocycles. The van der Waals surface area contributed by atoms with E-state index in [1.807, 2.05) is 0 Å². The van der Waals surface area contributed by atoms with Gasteiger partial charge >= 0.3 is 11.9 Å².